The molecule has 2 rings (SSSR count). The van der Waals surface area contributed by atoms with Gasteiger partial charge in [0.15, 0.2) is 0 Å². The third kappa shape index (κ3) is 3.89. The van der Waals surface area contributed by atoms with Gasteiger partial charge in [0.25, 0.3) is 0 Å². The number of rotatable bonds is 4. The van der Waals surface area contributed by atoms with Crippen molar-refractivity contribution in [3.8, 4) is 0 Å². The minimum absolute atomic E-state index is 0.0305. The molecule has 0 saturated carbocycles. The largest absolute Gasteiger partial charge is 0.339 e. The zero-order valence-electron chi connectivity index (χ0n) is 11.1. The van der Waals surface area contributed by atoms with Gasteiger partial charge in [-0.25, -0.2) is 4.39 Å². The third-order valence-corrected chi connectivity index (χ3v) is 3.38. The Kier molecular flexibility index (Phi) is 4.68. The van der Waals surface area contributed by atoms with Crippen LogP contribution in [0.1, 0.15) is 12.0 Å². The number of amides is 1. The molecule has 102 valence electrons. The van der Waals surface area contributed by atoms with Gasteiger partial charge in [-0.2, -0.15) is 0 Å². The van der Waals surface area contributed by atoms with E-state index < -0.39 is 0 Å². The molecule has 0 unspecified atom stereocenters. The van der Waals surface area contributed by atoms with Crippen LogP contribution in [0.3, 0.4) is 0 Å². The molecule has 4 heteroatoms. The van der Waals surface area contributed by atoms with Crippen molar-refractivity contribution in [1.82, 2.24) is 10.2 Å². The lowest BCUT2D eigenvalue weighted by molar-refractivity contribution is -0.125. The van der Waals surface area contributed by atoms with Crippen molar-refractivity contribution < 1.29 is 9.18 Å². The van der Waals surface area contributed by atoms with E-state index in [4.69, 9.17) is 0 Å². The highest BCUT2D eigenvalue weighted by molar-refractivity contribution is 5.91. The fraction of sp³-hybridized carbons (Fsp3) is 0.400. The van der Waals surface area contributed by atoms with Crippen LogP contribution in [0.4, 0.5) is 4.39 Å². The second kappa shape index (κ2) is 6.48. The number of nitrogens with zero attached hydrogens (tertiary/aromatic N) is 1. The van der Waals surface area contributed by atoms with Gasteiger partial charge in [-0.05, 0) is 49.7 Å². The summed E-state index contributed by atoms with van der Waals surface area (Å²) in [5.41, 5.74) is 0.834. The average Bonchev–Trinajstić information content (AvgIpc) is 2.87. The highest BCUT2D eigenvalue weighted by Gasteiger charge is 2.24. The maximum atomic E-state index is 12.7. The van der Waals surface area contributed by atoms with Crippen LogP contribution >= 0.6 is 0 Å². The number of carbonyl (C=O) groups is 1. The fourth-order valence-electron chi connectivity index (χ4n) is 2.33. The van der Waals surface area contributed by atoms with Gasteiger partial charge in [-0.3, -0.25) is 4.79 Å². The molecule has 1 aromatic carbocycles. The molecule has 0 radical (unpaired) electrons. The first-order chi connectivity index (χ1) is 9.19. The SMILES string of the molecule is CNC[C@@H]1CCN(C(=O)/C=C\c2ccc(F)cc2)C1. The third-order valence-electron chi connectivity index (χ3n) is 3.38. The Bertz CT molecular complexity index is 456. The highest BCUT2D eigenvalue weighted by atomic mass is 19.1. The number of nitrogens with one attached hydrogen (secondary N) is 1. The standard InChI is InChI=1S/C15H19FN2O/c1-17-10-13-8-9-18(11-13)15(19)7-4-12-2-5-14(16)6-3-12/h2-7,13,17H,8-11H2,1H3/b7-4-/t13-/m0/s1. The molecule has 1 N–H and O–H groups in total. The van der Waals surface area contributed by atoms with E-state index in [-0.39, 0.29) is 11.7 Å². The summed E-state index contributed by atoms with van der Waals surface area (Å²) in [6, 6.07) is 6.10. The fourth-order valence-corrected chi connectivity index (χ4v) is 2.33. The van der Waals surface area contributed by atoms with Crippen molar-refractivity contribution in [2.45, 2.75) is 6.42 Å². The van der Waals surface area contributed by atoms with E-state index in [1.807, 2.05) is 11.9 Å². The first-order valence-electron chi connectivity index (χ1n) is 6.56. The van der Waals surface area contributed by atoms with Crippen molar-refractivity contribution in [1.29, 1.82) is 0 Å². The minimum atomic E-state index is -0.266. The first-order valence-corrected chi connectivity index (χ1v) is 6.56. The molecule has 0 aromatic heterocycles. The van der Waals surface area contributed by atoms with Crippen LogP contribution in [0.2, 0.25) is 0 Å². The van der Waals surface area contributed by atoms with E-state index in [1.54, 1.807) is 24.3 Å². The molecular weight excluding hydrogens is 243 g/mol. The van der Waals surface area contributed by atoms with Gasteiger partial charge in [0.2, 0.25) is 5.91 Å². The van der Waals surface area contributed by atoms with E-state index in [0.29, 0.717) is 5.92 Å². The van der Waals surface area contributed by atoms with E-state index in [0.717, 1.165) is 31.6 Å². The molecule has 1 aromatic rings. The summed E-state index contributed by atoms with van der Waals surface area (Å²) in [7, 11) is 1.93. The van der Waals surface area contributed by atoms with Gasteiger partial charge in [-0.1, -0.05) is 12.1 Å². The molecule has 1 aliphatic rings. The predicted molar refractivity (Wildman–Crippen MR) is 74.0 cm³/mol. The summed E-state index contributed by atoms with van der Waals surface area (Å²) in [6.07, 6.45) is 4.35. The Morgan fingerprint density at radius 1 is 1.47 bits per heavy atom. The molecule has 0 aliphatic carbocycles. The summed E-state index contributed by atoms with van der Waals surface area (Å²) >= 11 is 0. The van der Waals surface area contributed by atoms with E-state index in [2.05, 4.69) is 5.32 Å². The number of likely N-dealkylation sites (tertiary alicyclic amines) is 1. The van der Waals surface area contributed by atoms with Crippen LogP contribution in [0.25, 0.3) is 6.08 Å². The number of hydrogen-bond acceptors (Lipinski definition) is 2. The van der Waals surface area contributed by atoms with Crippen LogP contribution in [0.5, 0.6) is 0 Å². The summed E-state index contributed by atoms with van der Waals surface area (Å²) < 4.78 is 12.7. The van der Waals surface area contributed by atoms with Gasteiger partial charge in [0.1, 0.15) is 5.82 Å². The second-order valence-electron chi connectivity index (χ2n) is 4.88. The van der Waals surface area contributed by atoms with Crippen molar-refractivity contribution in [3.05, 3.63) is 41.7 Å². The number of carbonyl (C=O) groups excluding carboxylic acids is 1. The average molecular weight is 262 g/mol. The van der Waals surface area contributed by atoms with Crippen LogP contribution in [-0.4, -0.2) is 37.5 Å². The smallest absolute Gasteiger partial charge is 0.246 e. The Morgan fingerprint density at radius 3 is 2.89 bits per heavy atom. The van der Waals surface area contributed by atoms with Crippen molar-refractivity contribution in [3.63, 3.8) is 0 Å². The number of halogens is 1. The van der Waals surface area contributed by atoms with Crippen LogP contribution in [-0.2, 0) is 4.79 Å². The first kappa shape index (κ1) is 13.7. The van der Waals surface area contributed by atoms with Gasteiger partial charge in [0.05, 0.1) is 0 Å². The molecule has 19 heavy (non-hydrogen) atoms. The molecule has 1 heterocycles. The lowest BCUT2D eigenvalue weighted by atomic mass is 10.1. The minimum Gasteiger partial charge on any atom is -0.339 e. The molecule has 1 atom stereocenters. The predicted octanol–water partition coefficient (Wildman–Crippen LogP) is 1.91. The Morgan fingerprint density at radius 2 is 2.21 bits per heavy atom. The maximum Gasteiger partial charge on any atom is 0.246 e. The lowest BCUT2D eigenvalue weighted by Gasteiger charge is -2.14. The van der Waals surface area contributed by atoms with Crippen molar-refractivity contribution >= 4 is 12.0 Å². The highest BCUT2D eigenvalue weighted by Crippen LogP contribution is 2.16. The Balaban J connectivity index is 1.89. The summed E-state index contributed by atoms with van der Waals surface area (Å²) in [4.78, 5) is 13.8. The number of benzene rings is 1. The Labute approximate surface area is 113 Å². The molecule has 0 spiro atoms. The molecule has 1 aliphatic heterocycles. The molecule has 0 bridgehead atoms. The lowest BCUT2D eigenvalue weighted by Crippen LogP contribution is -2.28. The van der Waals surface area contributed by atoms with E-state index >= 15 is 0 Å². The normalized spacial score (nSPS) is 19.3. The summed E-state index contributed by atoms with van der Waals surface area (Å²) in [5.74, 6) is 0.314. The summed E-state index contributed by atoms with van der Waals surface area (Å²) in [5, 5.41) is 3.14. The number of hydrogen-bond donors (Lipinski definition) is 1. The van der Waals surface area contributed by atoms with E-state index in [1.165, 1.54) is 12.1 Å². The van der Waals surface area contributed by atoms with Crippen molar-refractivity contribution in [2.75, 3.05) is 26.7 Å². The molecular formula is C15H19FN2O. The van der Waals surface area contributed by atoms with Crippen molar-refractivity contribution in [2.24, 2.45) is 5.92 Å². The van der Waals surface area contributed by atoms with Crippen LogP contribution in [0.15, 0.2) is 30.3 Å². The molecule has 1 fully saturated rings. The van der Waals surface area contributed by atoms with E-state index in [9.17, 15) is 9.18 Å². The monoisotopic (exact) mass is 262 g/mol. The van der Waals surface area contributed by atoms with Crippen LogP contribution < -0.4 is 5.32 Å². The van der Waals surface area contributed by atoms with Gasteiger partial charge < -0.3 is 10.2 Å². The van der Waals surface area contributed by atoms with Gasteiger partial charge in [-0.15, -0.1) is 0 Å². The second-order valence-corrected chi connectivity index (χ2v) is 4.88. The van der Waals surface area contributed by atoms with Crippen LogP contribution in [0, 0.1) is 11.7 Å². The molecule has 3 nitrogen and oxygen atoms in total. The molecule has 1 saturated heterocycles. The quantitative estimate of drug-likeness (QED) is 0.841. The zero-order chi connectivity index (χ0) is 13.7. The van der Waals surface area contributed by atoms with Gasteiger partial charge >= 0.3 is 0 Å². The zero-order valence-corrected chi connectivity index (χ0v) is 11.1. The van der Waals surface area contributed by atoms with Gasteiger partial charge in [0, 0.05) is 19.2 Å². The molecule has 1 amide bonds. The Hall–Kier alpha value is -1.68. The topological polar surface area (TPSA) is 32.3 Å². The maximum absolute atomic E-state index is 12.7. The summed E-state index contributed by atoms with van der Waals surface area (Å²) in [6.45, 7) is 2.58.